The zero-order valence-corrected chi connectivity index (χ0v) is 14.6. The average Bonchev–Trinajstić information content (AvgIpc) is 2.46. The highest BCUT2D eigenvalue weighted by molar-refractivity contribution is 4.88. The Morgan fingerprint density at radius 1 is 1.05 bits per heavy atom. The summed E-state index contributed by atoms with van der Waals surface area (Å²) in [5, 5.41) is 3.51. The van der Waals surface area contributed by atoms with Crippen LogP contribution in [0.1, 0.15) is 65.7 Å². The van der Waals surface area contributed by atoms with Gasteiger partial charge in [0.25, 0.3) is 0 Å². The minimum atomic E-state index is 0.637. The van der Waals surface area contributed by atoms with Crippen LogP contribution >= 0.6 is 0 Å². The lowest BCUT2D eigenvalue weighted by atomic mass is 9.97. The Kier molecular flexibility index (Phi) is 7.48. The van der Waals surface area contributed by atoms with Crippen LogP contribution in [0.5, 0.6) is 0 Å². The van der Waals surface area contributed by atoms with Crippen molar-refractivity contribution in [1.29, 1.82) is 0 Å². The van der Waals surface area contributed by atoms with Crippen LogP contribution in [-0.4, -0.2) is 60.6 Å². The van der Waals surface area contributed by atoms with Gasteiger partial charge >= 0.3 is 0 Å². The van der Waals surface area contributed by atoms with Crippen LogP contribution in [0, 0.1) is 0 Å². The van der Waals surface area contributed by atoms with Gasteiger partial charge in [-0.25, -0.2) is 0 Å². The minimum absolute atomic E-state index is 0.637. The molecule has 2 aliphatic heterocycles. The van der Waals surface area contributed by atoms with E-state index in [-0.39, 0.29) is 0 Å². The van der Waals surface area contributed by atoms with E-state index in [1.807, 2.05) is 0 Å². The van der Waals surface area contributed by atoms with Gasteiger partial charge in [-0.1, -0.05) is 33.1 Å². The second kappa shape index (κ2) is 9.12. The first-order chi connectivity index (χ1) is 10.2. The Morgan fingerprint density at radius 2 is 1.86 bits per heavy atom. The lowest BCUT2D eigenvalue weighted by Crippen LogP contribution is -2.58. The largest absolute Gasteiger partial charge is 0.315 e. The molecule has 0 radical (unpaired) electrons. The third kappa shape index (κ3) is 5.88. The smallest absolute Gasteiger partial charge is 0.0223 e. The monoisotopic (exact) mass is 295 g/mol. The third-order valence-electron chi connectivity index (χ3n) is 5.24. The number of rotatable bonds is 8. The van der Waals surface area contributed by atoms with E-state index in [2.05, 4.69) is 35.9 Å². The van der Waals surface area contributed by atoms with E-state index in [0.717, 1.165) is 12.1 Å². The molecule has 2 rings (SSSR count). The van der Waals surface area contributed by atoms with Gasteiger partial charge in [0.05, 0.1) is 0 Å². The van der Waals surface area contributed by atoms with E-state index in [1.165, 1.54) is 77.7 Å². The summed E-state index contributed by atoms with van der Waals surface area (Å²) in [6.07, 6.45) is 9.82. The van der Waals surface area contributed by atoms with Gasteiger partial charge in [0.1, 0.15) is 0 Å². The summed E-state index contributed by atoms with van der Waals surface area (Å²) in [6, 6.07) is 2.27. The van der Waals surface area contributed by atoms with Crippen molar-refractivity contribution >= 4 is 0 Å². The zero-order valence-electron chi connectivity index (χ0n) is 14.6. The molecule has 0 aromatic rings. The molecule has 0 saturated carbocycles. The van der Waals surface area contributed by atoms with Crippen LogP contribution in [-0.2, 0) is 0 Å². The summed E-state index contributed by atoms with van der Waals surface area (Å²) < 4.78 is 0. The Labute approximate surface area is 132 Å². The van der Waals surface area contributed by atoms with E-state index in [0.29, 0.717) is 6.04 Å². The molecule has 0 aromatic carbocycles. The van der Waals surface area contributed by atoms with E-state index in [9.17, 15) is 0 Å². The number of unbranched alkanes of at least 4 members (excludes halogenated alkanes) is 3. The van der Waals surface area contributed by atoms with Gasteiger partial charge in [0.15, 0.2) is 0 Å². The molecule has 2 heterocycles. The van der Waals surface area contributed by atoms with Gasteiger partial charge in [-0.3, -0.25) is 9.80 Å². The summed E-state index contributed by atoms with van der Waals surface area (Å²) in [5.74, 6) is 0. The molecular weight excluding hydrogens is 258 g/mol. The first-order valence-corrected chi connectivity index (χ1v) is 9.38. The molecular formula is C18H37N3. The molecule has 0 spiro atoms. The normalized spacial score (nSPS) is 28.0. The fourth-order valence-corrected chi connectivity index (χ4v) is 3.91. The Hall–Kier alpha value is -0.120. The Morgan fingerprint density at radius 3 is 2.67 bits per heavy atom. The van der Waals surface area contributed by atoms with E-state index < -0.39 is 0 Å². The Balaban J connectivity index is 1.55. The predicted molar refractivity (Wildman–Crippen MR) is 91.9 cm³/mol. The van der Waals surface area contributed by atoms with Crippen molar-refractivity contribution in [3.8, 4) is 0 Å². The molecule has 0 bridgehead atoms. The molecule has 3 nitrogen and oxygen atoms in total. The molecule has 0 amide bonds. The van der Waals surface area contributed by atoms with Gasteiger partial charge in [0.2, 0.25) is 0 Å². The number of piperidine rings is 1. The first kappa shape index (κ1) is 17.2. The summed E-state index contributed by atoms with van der Waals surface area (Å²) in [4.78, 5) is 5.51. The molecule has 2 atom stereocenters. The van der Waals surface area contributed by atoms with E-state index in [1.54, 1.807) is 0 Å². The fourth-order valence-electron chi connectivity index (χ4n) is 3.91. The minimum Gasteiger partial charge on any atom is -0.315 e. The van der Waals surface area contributed by atoms with Crippen LogP contribution in [0.3, 0.4) is 0 Å². The predicted octanol–water partition coefficient (Wildman–Crippen LogP) is 3.10. The quantitative estimate of drug-likeness (QED) is 0.694. The number of nitrogens with zero attached hydrogens (tertiary/aromatic N) is 2. The molecule has 1 N–H and O–H groups in total. The van der Waals surface area contributed by atoms with Crippen LogP contribution in [0.2, 0.25) is 0 Å². The molecule has 2 aliphatic rings. The van der Waals surface area contributed by atoms with Crippen LogP contribution in [0.25, 0.3) is 0 Å². The lowest BCUT2D eigenvalue weighted by molar-refractivity contribution is 0.0146. The fraction of sp³-hybridized carbons (Fsp3) is 1.00. The van der Waals surface area contributed by atoms with Gasteiger partial charge in [-0.2, -0.15) is 0 Å². The highest BCUT2D eigenvalue weighted by Crippen LogP contribution is 2.24. The van der Waals surface area contributed by atoms with Crippen LogP contribution in [0.4, 0.5) is 0 Å². The number of nitrogens with one attached hydrogen (secondary N) is 1. The maximum atomic E-state index is 3.51. The number of hydrogen-bond acceptors (Lipinski definition) is 3. The summed E-state index contributed by atoms with van der Waals surface area (Å²) in [5.41, 5.74) is 0. The van der Waals surface area contributed by atoms with Gasteiger partial charge in [-0.15, -0.1) is 0 Å². The van der Waals surface area contributed by atoms with Gasteiger partial charge in [-0.05, 0) is 52.2 Å². The molecule has 21 heavy (non-hydrogen) atoms. The van der Waals surface area contributed by atoms with Crippen molar-refractivity contribution in [1.82, 2.24) is 15.1 Å². The number of piperazine rings is 1. The van der Waals surface area contributed by atoms with E-state index in [4.69, 9.17) is 0 Å². The standard InChI is InChI=1S/C18H37N3/c1-16(2)19-11-7-4-5-8-12-20-15-18-10-6-9-13-21(18)14-17(20)3/h16-19H,4-15H2,1-3H3. The van der Waals surface area contributed by atoms with Crippen molar-refractivity contribution in [3.63, 3.8) is 0 Å². The summed E-state index contributed by atoms with van der Waals surface area (Å²) >= 11 is 0. The molecule has 2 unspecified atom stereocenters. The third-order valence-corrected chi connectivity index (χ3v) is 5.24. The molecule has 2 fully saturated rings. The second-order valence-corrected chi connectivity index (χ2v) is 7.51. The van der Waals surface area contributed by atoms with Crippen molar-refractivity contribution in [2.45, 2.75) is 83.8 Å². The number of hydrogen-bond donors (Lipinski definition) is 1. The van der Waals surface area contributed by atoms with Crippen LogP contribution < -0.4 is 5.32 Å². The topological polar surface area (TPSA) is 18.5 Å². The maximum absolute atomic E-state index is 3.51. The molecule has 2 saturated heterocycles. The van der Waals surface area contributed by atoms with Gasteiger partial charge < -0.3 is 5.32 Å². The molecule has 0 aliphatic carbocycles. The highest BCUT2D eigenvalue weighted by Gasteiger charge is 2.32. The van der Waals surface area contributed by atoms with Crippen molar-refractivity contribution < 1.29 is 0 Å². The van der Waals surface area contributed by atoms with Gasteiger partial charge in [0, 0.05) is 31.2 Å². The number of fused-ring (bicyclic) bond motifs is 1. The lowest BCUT2D eigenvalue weighted by Gasteiger charge is -2.47. The highest BCUT2D eigenvalue weighted by atomic mass is 15.3. The average molecular weight is 296 g/mol. The molecule has 3 heteroatoms. The molecule has 0 aromatic heterocycles. The first-order valence-electron chi connectivity index (χ1n) is 9.38. The second-order valence-electron chi connectivity index (χ2n) is 7.51. The van der Waals surface area contributed by atoms with Crippen molar-refractivity contribution in [2.75, 3.05) is 32.7 Å². The van der Waals surface area contributed by atoms with E-state index >= 15 is 0 Å². The zero-order chi connectivity index (χ0) is 15.1. The van der Waals surface area contributed by atoms with Crippen LogP contribution in [0.15, 0.2) is 0 Å². The SMILES string of the molecule is CC(C)NCCCCCCN1CC2CCCCN2CC1C. The van der Waals surface area contributed by atoms with Crippen molar-refractivity contribution in [2.24, 2.45) is 0 Å². The summed E-state index contributed by atoms with van der Waals surface area (Å²) in [6.45, 7) is 13.4. The summed E-state index contributed by atoms with van der Waals surface area (Å²) in [7, 11) is 0. The van der Waals surface area contributed by atoms with Crippen molar-refractivity contribution in [3.05, 3.63) is 0 Å². The Bertz CT molecular complexity index is 280. The maximum Gasteiger partial charge on any atom is 0.0223 e. The molecule has 124 valence electrons.